The van der Waals surface area contributed by atoms with Crippen molar-refractivity contribution >= 4 is 12.6 Å². The van der Waals surface area contributed by atoms with Gasteiger partial charge in [0, 0.05) is 18.2 Å². The van der Waals surface area contributed by atoms with Crippen molar-refractivity contribution in [2.75, 3.05) is 19.8 Å². The highest BCUT2D eigenvalue weighted by molar-refractivity contribution is 5.87. The highest BCUT2D eigenvalue weighted by Gasteiger charge is 2.36. The lowest BCUT2D eigenvalue weighted by Gasteiger charge is -2.39. The monoisotopic (exact) mass is 236 g/mol. The number of hydrazone groups is 1. The SMILES string of the molecule is C=NN(CC1(C)COC1)C(=O)/C=C\CC(=C)C. The summed E-state index contributed by atoms with van der Waals surface area (Å²) < 4.78 is 5.15. The molecule has 4 nitrogen and oxygen atoms in total. The molecule has 1 amide bonds. The predicted molar refractivity (Wildman–Crippen MR) is 68.8 cm³/mol. The van der Waals surface area contributed by atoms with Crippen LogP contribution in [0.2, 0.25) is 0 Å². The van der Waals surface area contributed by atoms with Gasteiger partial charge in [0.15, 0.2) is 0 Å². The van der Waals surface area contributed by atoms with Crippen molar-refractivity contribution in [3.05, 3.63) is 24.3 Å². The van der Waals surface area contributed by atoms with Gasteiger partial charge in [0.25, 0.3) is 5.91 Å². The molecule has 0 aliphatic carbocycles. The summed E-state index contributed by atoms with van der Waals surface area (Å²) in [6.07, 6.45) is 4.02. The second-order valence-electron chi connectivity index (χ2n) is 4.90. The fourth-order valence-corrected chi connectivity index (χ4v) is 1.55. The van der Waals surface area contributed by atoms with Crippen LogP contribution >= 0.6 is 0 Å². The summed E-state index contributed by atoms with van der Waals surface area (Å²) in [6.45, 7) is 13.1. The van der Waals surface area contributed by atoms with E-state index in [0.29, 0.717) is 26.2 Å². The molecule has 94 valence electrons. The normalized spacial score (nSPS) is 17.5. The van der Waals surface area contributed by atoms with Gasteiger partial charge in [-0.3, -0.25) is 4.79 Å². The predicted octanol–water partition coefficient (Wildman–Crippen LogP) is 1.99. The molecule has 1 aliphatic rings. The van der Waals surface area contributed by atoms with E-state index in [1.54, 1.807) is 6.08 Å². The molecular weight excluding hydrogens is 216 g/mol. The van der Waals surface area contributed by atoms with Gasteiger partial charge in [-0.1, -0.05) is 25.2 Å². The minimum atomic E-state index is -0.144. The van der Waals surface area contributed by atoms with Crippen LogP contribution in [-0.4, -0.2) is 37.4 Å². The van der Waals surface area contributed by atoms with Crippen LogP contribution in [-0.2, 0) is 9.53 Å². The molecular formula is C13H20N2O2. The maximum Gasteiger partial charge on any atom is 0.266 e. The van der Waals surface area contributed by atoms with E-state index < -0.39 is 0 Å². The van der Waals surface area contributed by atoms with Gasteiger partial charge in [0.05, 0.1) is 19.8 Å². The molecule has 0 aromatic rings. The smallest absolute Gasteiger partial charge is 0.266 e. The Bertz CT molecular complexity index is 343. The van der Waals surface area contributed by atoms with Gasteiger partial charge in [-0.15, -0.1) is 0 Å². The van der Waals surface area contributed by atoms with Crippen LogP contribution in [0.25, 0.3) is 0 Å². The Morgan fingerprint density at radius 2 is 2.24 bits per heavy atom. The van der Waals surface area contributed by atoms with Gasteiger partial charge in [-0.2, -0.15) is 5.10 Å². The number of rotatable bonds is 6. The largest absolute Gasteiger partial charge is 0.380 e. The zero-order valence-electron chi connectivity index (χ0n) is 10.6. The summed E-state index contributed by atoms with van der Waals surface area (Å²) in [5, 5.41) is 5.14. The van der Waals surface area contributed by atoms with Crippen molar-refractivity contribution in [2.45, 2.75) is 20.3 Å². The van der Waals surface area contributed by atoms with Crippen LogP contribution in [0.4, 0.5) is 0 Å². The van der Waals surface area contributed by atoms with Crippen molar-refractivity contribution < 1.29 is 9.53 Å². The van der Waals surface area contributed by atoms with Crippen LogP contribution in [0.15, 0.2) is 29.4 Å². The molecule has 0 spiro atoms. The van der Waals surface area contributed by atoms with E-state index in [4.69, 9.17) is 4.74 Å². The molecule has 0 aromatic heterocycles. The van der Waals surface area contributed by atoms with E-state index in [9.17, 15) is 4.79 Å². The molecule has 0 radical (unpaired) electrons. The second-order valence-corrected chi connectivity index (χ2v) is 4.90. The van der Waals surface area contributed by atoms with Crippen LogP contribution in [0.3, 0.4) is 0 Å². The highest BCUT2D eigenvalue weighted by Crippen LogP contribution is 2.27. The summed E-state index contributed by atoms with van der Waals surface area (Å²) in [6, 6.07) is 0. The van der Waals surface area contributed by atoms with Gasteiger partial charge < -0.3 is 4.74 Å². The molecule has 1 fully saturated rings. The molecule has 1 heterocycles. The first-order valence-corrected chi connectivity index (χ1v) is 5.64. The molecule has 17 heavy (non-hydrogen) atoms. The quantitative estimate of drug-likeness (QED) is 0.306. The number of carbonyl (C=O) groups excluding carboxylic acids is 1. The fraction of sp³-hybridized carbons (Fsp3) is 0.538. The van der Waals surface area contributed by atoms with E-state index in [-0.39, 0.29) is 11.3 Å². The van der Waals surface area contributed by atoms with E-state index in [1.807, 2.05) is 6.92 Å². The van der Waals surface area contributed by atoms with Gasteiger partial charge in [-0.05, 0) is 13.3 Å². The number of ether oxygens (including phenoxy) is 1. The van der Waals surface area contributed by atoms with Crippen molar-refractivity contribution in [2.24, 2.45) is 10.5 Å². The molecule has 0 atom stereocenters. The van der Waals surface area contributed by atoms with Crippen LogP contribution in [0.1, 0.15) is 20.3 Å². The third-order valence-corrected chi connectivity index (χ3v) is 2.58. The van der Waals surface area contributed by atoms with Crippen LogP contribution < -0.4 is 0 Å². The summed E-state index contributed by atoms with van der Waals surface area (Å²) >= 11 is 0. The first-order valence-electron chi connectivity index (χ1n) is 5.64. The van der Waals surface area contributed by atoms with Crippen LogP contribution in [0, 0.1) is 5.41 Å². The summed E-state index contributed by atoms with van der Waals surface area (Å²) in [5.74, 6) is -0.144. The van der Waals surface area contributed by atoms with E-state index in [1.165, 1.54) is 11.1 Å². The van der Waals surface area contributed by atoms with Crippen molar-refractivity contribution in [1.29, 1.82) is 0 Å². The number of nitrogens with zero attached hydrogens (tertiary/aromatic N) is 2. The Labute approximate surface area is 103 Å². The number of carbonyl (C=O) groups is 1. The third-order valence-electron chi connectivity index (χ3n) is 2.58. The molecule has 0 unspecified atom stereocenters. The Hall–Kier alpha value is -1.42. The van der Waals surface area contributed by atoms with Crippen molar-refractivity contribution in [3.8, 4) is 0 Å². The standard InChI is InChI=1S/C13H20N2O2/c1-11(2)6-5-7-12(16)15(14-4)8-13(3)9-17-10-13/h5,7H,1,4,6,8-10H2,2-3H3/b7-5-. The maximum absolute atomic E-state index is 11.8. The lowest BCUT2D eigenvalue weighted by molar-refractivity contribution is -0.140. The number of hydrogen-bond acceptors (Lipinski definition) is 3. The molecule has 0 saturated carbocycles. The number of amides is 1. The second kappa shape index (κ2) is 5.77. The first-order chi connectivity index (χ1) is 7.97. The minimum Gasteiger partial charge on any atom is -0.380 e. The minimum absolute atomic E-state index is 0.0129. The van der Waals surface area contributed by atoms with Crippen molar-refractivity contribution in [3.63, 3.8) is 0 Å². The summed E-state index contributed by atoms with van der Waals surface area (Å²) in [7, 11) is 0. The Morgan fingerprint density at radius 1 is 1.59 bits per heavy atom. The molecule has 0 bridgehead atoms. The topological polar surface area (TPSA) is 41.9 Å². The molecule has 1 saturated heterocycles. The molecule has 1 aliphatic heterocycles. The Morgan fingerprint density at radius 3 is 2.65 bits per heavy atom. The van der Waals surface area contributed by atoms with Gasteiger partial charge in [0.2, 0.25) is 0 Å². The molecule has 4 heteroatoms. The average molecular weight is 236 g/mol. The Balaban J connectivity index is 2.49. The Kier molecular flexibility index (Phi) is 4.63. The van der Waals surface area contributed by atoms with Crippen molar-refractivity contribution in [1.82, 2.24) is 5.01 Å². The number of allylic oxidation sites excluding steroid dienone is 2. The average Bonchev–Trinajstić information content (AvgIpc) is 2.22. The third kappa shape index (κ3) is 4.15. The summed E-state index contributed by atoms with van der Waals surface area (Å²) in [5.41, 5.74) is 1.03. The zero-order valence-corrected chi connectivity index (χ0v) is 10.6. The maximum atomic E-state index is 11.8. The van der Waals surface area contributed by atoms with E-state index in [2.05, 4.69) is 25.3 Å². The fourth-order valence-electron chi connectivity index (χ4n) is 1.55. The molecule has 1 rings (SSSR count). The van der Waals surface area contributed by atoms with E-state index in [0.717, 1.165) is 5.57 Å². The van der Waals surface area contributed by atoms with Gasteiger partial charge in [-0.25, -0.2) is 5.01 Å². The van der Waals surface area contributed by atoms with Crippen LogP contribution in [0.5, 0.6) is 0 Å². The number of hydrogen-bond donors (Lipinski definition) is 0. The van der Waals surface area contributed by atoms with Gasteiger partial charge >= 0.3 is 0 Å². The lowest BCUT2D eigenvalue weighted by atomic mass is 9.88. The highest BCUT2D eigenvalue weighted by atomic mass is 16.5. The van der Waals surface area contributed by atoms with E-state index >= 15 is 0 Å². The molecule has 0 N–H and O–H groups in total. The molecule has 0 aromatic carbocycles. The first kappa shape index (κ1) is 13.6. The lowest BCUT2D eigenvalue weighted by Crippen LogP contribution is -2.48. The zero-order chi connectivity index (χ0) is 12.9. The van der Waals surface area contributed by atoms with Gasteiger partial charge in [0.1, 0.15) is 0 Å². The summed E-state index contributed by atoms with van der Waals surface area (Å²) in [4.78, 5) is 11.8.